The van der Waals surface area contributed by atoms with Gasteiger partial charge in [-0.1, -0.05) is 30.3 Å². The smallest absolute Gasteiger partial charge is 0.242 e. The maximum Gasteiger partial charge on any atom is 0.242 e. The summed E-state index contributed by atoms with van der Waals surface area (Å²) in [5.74, 6) is -0.416. The van der Waals surface area contributed by atoms with Gasteiger partial charge in [0.05, 0.1) is 5.69 Å². The maximum atomic E-state index is 12.0. The van der Waals surface area contributed by atoms with Crippen molar-refractivity contribution in [2.45, 2.75) is 25.9 Å². The first-order valence-corrected chi connectivity index (χ1v) is 7.80. The van der Waals surface area contributed by atoms with Crippen molar-refractivity contribution in [1.29, 1.82) is 0 Å². The van der Waals surface area contributed by atoms with Gasteiger partial charge in [0.1, 0.15) is 5.54 Å². The van der Waals surface area contributed by atoms with Crippen LogP contribution in [0.2, 0.25) is 0 Å². The number of carbonyl (C=O) groups is 1. The third-order valence-electron chi connectivity index (χ3n) is 4.41. The summed E-state index contributed by atoms with van der Waals surface area (Å²) in [5, 5.41) is 8.66. The molecule has 24 heavy (non-hydrogen) atoms. The molecule has 0 spiro atoms. The molecule has 6 heteroatoms. The van der Waals surface area contributed by atoms with Crippen LogP contribution in [0.15, 0.2) is 42.6 Å². The molecule has 124 valence electrons. The molecule has 3 rings (SSSR count). The van der Waals surface area contributed by atoms with E-state index in [1.165, 1.54) is 0 Å². The fourth-order valence-corrected chi connectivity index (χ4v) is 2.83. The first kappa shape index (κ1) is 16.1. The van der Waals surface area contributed by atoms with Gasteiger partial charge in [-0.25, -0.2) is 4.98 Å². The van der Waals surface area contributed by atoms with E-state index in [0.29, 0.717) is 6.54 Å². The largest absolute Gasteiger partial charge is 0.368 e. The topological polar surface area (TPSA) is 85.8 Å². The lowest BCUT2D eigenvalue weighted by Gasteiger charge is -2.28. The molecule has 0 aliphatic rings. The molecule has 0 fully saturated rings. The maximum absolute atomic E-state index is 12.0. The summed E-state index contributed by atoms with van der Waals surface area (Å²) < 4.78 is 1.76. The number of carbonyl (C=O) groups excluding carboxylic acids is 1. The zero-order valence-electron chi connectivity index (χ0n) is 14.1. The van der Waals surface area contributed by atoms with Crippen molar-refractivity contribution < 1.29 is 4.79 Å². The van der Waals surface area contributed by atoms with Gasteiger partial charge in [-0.15, -0.1) is 0 Å². The third kappa shape index (κ3) is 2.76. The van der Waals surface area contributed by atoms with Crippen LogP contribution in [-0.4, -0.2) is 20.7 Å². The summed E-state index contributed by atoms with van der Waals surface area (Å²) in [6.45, 7) is 4.23. The lowest BCUT2D eigenvalue weighted by atomic mass is 9.91. The highest BCUT2D eigenvalue weighted by Crippen LogP contribution is 2.22. The number of hydrogen-bond acceptors (Lipinski definition) is 4. The third-order valence-corrected chi connectivity index (χ3v) is 4.41. The number of primary amides is 1. The van der Waals surface area contributed by atoms with Crippen LogP contribution in [-0.2, 0) is 23.9 Å². The van der Waals surface area contributed by atoms with Crippen LogP contribution >= 0.6 is 0 Å². The van der Waals surface area contributed by atoms with E-state index in [2.05, 4.69) is 15.4 Å². The average molecular weight is 323 g/mol. The van der Waals surface area contributed by atoms with E-state index < -0.39 is 11.4 Å². The first-order valence-electron chi connectivity index (χ1n) is 7.80. The number of pyridine rings is 1. The highest BCUT2D eigenvalue weighted by Gasteiger charge is 2.32. The van der Waals surface area contributed by atoms with Crippen LogP contribution in [0.4, 0.5) is 0 Å². The van der Waals surface area contributed by atoms with Gasteiger partial charge in [-0.3, -0.25) is 14.8 Å². The molecular formula is C18H21N5O. The van der Waals surface area contributed by atoms with E-state index in [1.54, 1.807) is 17.8 Å². The SMILES string of the molecule is Cc1nn(C)c2ncc(CNC(C)(C(N)=O)c3ccccc3)cc12. The van der Waals surface area contributed by atoms with E-state index >= 15 is 0 Å². The second kappa shape index (κ2) is 6.05. The van der Waals surface area contributed by atoms with Gasteiger partial charge in [0.2, 0.25) is 5.91 Å². The summed E-state index contributed by atoms with van der Waals surface area (Å²) in [5.41, 5.74) is 8.30. The number of aromatic nitrogens is 3. The summed E-state index contributed by atoms with van der Waals surface area (Å²) in [7, 11) is 1.87. The molecule has 0 bridgehead atoms. The lowest BCUT2D eigenvalue weighted by molar-refractivity contribution is -0.124. The zero-order chi connectivity index (χ0) is 17.3. The Balaban J connectivity index is 1.88. The molecule has 1 atom stereocenters. The Morgan fingerprint density at radius 1 is 1.33 bits per heavy atom. The Kier molecular flexibility index (Phi) is 4.07. The number of hydrogen-bond donors (Lipinski definition) is 2. The number of aryl methyl sites for hydroxylation is 2. The van der Waals surface area contributed by atoms with Crippen LogP contribution in [0.25, 0.3) is 11.0 Å². The Bertz CT molecular complexity index is 887. The molecule has 6 nitrogen and oxygen atoms in total. The zero-order valence-corrected chi connectivity index (χ0v) is 14.1. The van der Waals surface area contributed by atoms with Gasteiger partial charge in [-0.2, -0.15) is 5.10 Å². The first-order chi connectivity index (χ1) is 11.4. The second-order valence-electron chi connectivity index (χ2n) is 6.13. The monoisotopic (exact) mass is 323 g/mol. The predicted octanol–water partition coefficient (Wildman–Crippen LogP) is 1.77. The van der Waals surface area contributed by atoms with E-state index in [1.807, 2.05) is 50.4 Å². The molecule has 0 saturated heterocycles. The summed E-state index contributed by atoms with van der Waals surface area (Å²) in [6.07, 6.45) is 1.79. The van der Waals surface area contributed by atoms with Gasteiger partial charge in [-0.05, 0) is 31.0 Å². The Morgan fingerprint density at radius 3 is 2.71 bits per heavy atom. The minimum atomic E-state index is -0.944. The normalized spacial score (nSPS) is 13.8. The molecule has 3 N–H and O–H groups in total. The molecule has 0 aliphatic carbocycles. The van der Waals surface area contributed by atoms with Gasteiger partial charge < -0.3 is 5.73 Å². The molecular weight excluding hydrogens is 302 g/mol. The van der Waals surface area contributed by atoms with Crippen molar-refractivity contribution in [3.05, 3.63) is 59.4 Å². The van der Waals surface area contributed by atoms with Crippen LogP contribution in [0.3, 0.4) is 0 Å². The summed E-state index contributed by atoms with van der Waals surface area (Å²) >= 11 is 0. The van der Waals surface area contributed by atoms with Crippen LogP contribution in [0.1, 0.15) is 23.7 Å². The molecule has 0 saturated carbocycles. The number of nitrogens with two attached hydrogens (primary N) is 1. The van der Waals surface area contributed by atoms with E-state index in [-0.39, 0.29) is 0 Å². The van der Waals surface area contributed by atoms with E-state index in [9.17, 15) is 4.79 Å². The molecule has 2 heterocycles. The Labute approximate surface area is 140 Å². The van der Waals surface area contributed by atoms with Crippen LogP contribution in [0.5, 0.6) is 0 Å². The van der Waals surface area contributed by atoms with Crippen molar-refractivity contribution in [1.82, 2.24) is 20.1 Å². The van der Waals surface area contributed by atoms with Gasteiger partial charge in [0.15, 0.2) is 5.65 Å². The molecule has 0 aliphatic heterocycles. The molecule has 1 amide bonds. The number of benzene rings is 1. The van der Waals surface area contributed by atoms with Crippen LogP contribution < -0.4 is 11.1 Å². The number of nitrogens with zero attached hydrogens (tertiary/aromatic N) is 3. The quantitative estimate of drug-likeness (QED) is 0.749. The second-order valence-corrected chi connectivity index (χ2v) is 6.13. The highest BCUT2D eigenvalue weighted by molar-refractivity contribution is 5.85. The standard InChI is InChI=1S/C18H21N5O/c1-12-15-9-13(10-20-16(15)23(3)22-12)11-21-18(2,17(19)24)14-7-5-4-6-8-14/h4-10,21H,11H2,1-3H3,(H2,19,24). The van der Waals surface area contributed by atoms with Gasteiger partial charge in [0.25, 0.3) is 0 Å². The molecule has 3 aromatic rings. The van der Waals surface area contributed by atoms with E-state index in [0.717, 1.165) is 27.9 Å². The number of rotatable bonds is 5. The van der Waals surface area contributed by atoms with Gasteiger partial charge in [0, 0.05) is 25.2 Å². The molecule has 1 unspecified atom stereocenters. The molecule has 2 aromatic heterocycles. The number of amides is 1. The number of nitrogens with one attached hydrogen (secondary N) is 1. The fraction of sp³-hybridized carbons (Fsp3) is 0.278. The fourth-order valence-electron chi connectivity index (χ4n) is 2.83. The summed E-state index contributed by atoms with van der Waals surface area (Å²) in [6, 6.07) is 11.5. The molecule has 1 aromatic carbocycles. The van der Waals surface area contributed by atoms with Crippen molar-refractivity contribution in [2.24, 2.45) is 12.8 Å². The Morgan fingerprint density at radius 2 is 2.04 bits per heavy atom. The van der Waals surface area contributed by atoms with Crippen molar-refractivity contribution in [2.75, 3.05) is 0 Å². The van der Waals surface area contributed by atoms with Crippen LogP contribution in [0, 0.1) is 6.92 Å². The summed E-state index contributed by atoms with van der Waals surface area (Å²) in [4.78, 5) is 16.5. The van der Waals surface area contributed by atoms with E-state index in [4.69, 9.17) is 5.73 Å². The Hall–Kier alpha value is -2.73. The number of fused-ring (bicyclic) bond motifs is 1. The van der Waals surface area contributed by atoms with Gasteiger partial charge >= 0.3 is 0 Å². The lowest BCUT2D eigenvalue weighted by Crippen LogP contribution is -2.50. The molecule has 0 radical (unpaired) electrons. The average Bonchev–Trinajstić information content (AvgIpc) is 2.87. The minimum Gasteiger partial charge on any atom is -0.368 e. The van der Waals surface area contributed by atoms with Crippen molar-refractivity contribution >= 4 is 16.9 Å². The van der Waals surface area contributed by atoms with Crippen molar-refractivity contribution in [3.63, 3.8) is 0 Å². The van der Waals surface area contributed by atoms with Crippen molar-refractivity contribution in [3.8, 4) is 0 Å². The highest BCUT2D eigenvalue weighted by atomic mass is 16.1. The predicted molar refractivity (Wildman–Crippen MR) is 93.1 cm³/mol. The minimum absolute atomic E-state index is 0.416.